The Kier molecular flexibility index (Phi) is 3.26. The van der Waals surface area contributed by atoms with Gasteiger partial charge in [0.2, 0.25) is 0 Å². The highest BCUT2D eigenvalue weighted by atomic mass is 14.8. The molecule has 0 aliphatic rings. The first-order valence-electron chi connectivity index (χ1n) is 14.7. The largest absolute Gasteiger partial charge is 0.317 e. The highest BCUT2D eigenvalue weighted by Gasteiger charge is 2.05. The van der Waals surface area contributed by atoms with Gasteiger partial charge in [-0.05, 0) is 113 Å². The highest BCUT2D eigenvalue weighted by Crippen LogP contribution is 2.19. The molecule has 0 fully saturated rings. The molecule has 0 spiro atoms. The van der Waals surface area contributed by atoms with Crippen LogP contribution in [0.3, 0.4) is 0 Å². The Morgan fingerprint density at radius 3 is 1.36 bits per heavy atom. The fourth-order valence-electron chi connectivity index (χ4n) is 3.08. The van der Waals surface area contributed by atoms with Gasteiger partial charge >= 0.3 is 0 Å². The molecule has 0 aromatic heterocycles. The molecule has 0 heterocycles. The van der Waals surface area contributed by atoms with Crippen LogP contribution in [0.15, 0.2) is 24.3 Å². The average Bonchev–Trinajstić information content (AvgIpc) is 2.71. The summed E-state index contributed by atoms with van der Waals surface area (Å²) in [6, 6.07) is 6.10. The van der Waals surface area contributed by atoms with E-state index in [2.05, 4.69) is 5.32 Å². The Morgan fingerprint density at radius 2 is 1.04 bits per heavy atom. The smallest absolute Gasteiger partial charge is 0.0280 e. The average molecular weight is 350 g/mol. The first-order valence-corrected chi connectivity index (χ1v) is 8.72. The topological polar surface area (TPSA) is 12.0 Å². The first-order chi connectivity index (χ1) is 16.7. The first kappa shape index (κ1) is 8.86. The molecule has 0 saturated carbocycles. The van der Waals surface area contributed by atoms with E-state index in [4.69, 9.17) is 16.4 Å². The summed E-state index contributed by atoms with van der Waals surface area (Å²) < 4.78 is 94.2. The van der Waals surface area contributed by atoms with Crippen LogP contribution in [0.2, 0.25) is 0 Å². The van der Waals surface area contributed by atoms with Crippen molar-refractivity contribution in [2.24, 2.45) is 0 Å². The molecule has 1 heteroatoms. The quantitative estimate of drug-likeness (QED) is 0.603. The Bertz CT molecular complexity index is 920. The lowest BCUT2D eigenvalue weighted by Gasteiger charge is -2.13. The molecule has 1 nitrogen and oxygen atoms in total. The van der Waals surface area contributed by atoms with E-state index in [0.717, 1.165) is 0 Å². The molecule has 0 bridgehead atoms. The Morgan fingerprint density at radius 1 is 0.680 bits per heavy atom. The summed E-state index contributed by atoms with van der Waals surface area (Å²) in [4.78, 5) is 0. The third-order valence-corrected chi connectivity index (χ3v) is 4.35. The second-order valence-electron chi connectivity index (χ2n) is 6.63. The number of hydrogen-bond acceptors (Lipinski definition) is 1. The fourth-order valence-corrected chi connectivity index (χ4v) is 3.08. The molecule has 1 N–H and O–H groups in total. The van der Waals surface area contributed by atoms with Crippen molar-refractivity contribution in [2.45, 2.75) is 66.9 Å². The minimum absolute atomic E-state index is 0.0624. The van der Waals surface area contributed by atoms with Gasteiger partial charge in [-0.3, -0.25) is 0 Å². The van der Waals surface area contributed by atoms with Crippen LogP contribution in [0.1, 0.15) is 73.8 Å². The number of benzene rings is 2. The summed E-state index contributed by atoms with van der Waals surface area (Å²) in [7, 11) is 0. The Labute approximate surface area is 171 Å². The van der Waals surface area contributed by atoms with Gasteiger partial charge < -0.3 is 5.32 Å². The van der Waals surface area contributed by atoms with Gasteiger partial charge in [0.1, 0.15) is 0 Å². The van der Waals surface area contributed by atoms with E-state index in [1.807, 2.05) is 0 Å². The van der Waals surface area contributed by atoms with Gasteiger partial charge in [-0.15, -0.1) is 0 Å². The molecule has 0 aliphatic carbocycles. The van der Waals surface area contributed by atoms with E-state index >= 15 is 0 Å². The van der Waals surface area contributed by atoms with E-state index in [9.17, 15) is 0 Å². The molecular weight excluding hydrogens is 302 g/mol. The van der Waals surface area contributed by atoms with Gasteiger partial charge in [-0.25, -0.2) is 0 Å². The van der Waals surface area contributed by atoms with Gasteiger partial charge in [0, 0.05) is 16.4 Å². The lowest BCUT2D eigenvalue weighted by atomic mass is 9.96. The fraction of sp³-hybridized carbons (Fsp3) is 0.500. The van der Waals surface area contributed by atoms with Crippen LogP contribution in [0, 0.1) is 41.3 Å². The number of nitrogens with one attached hydrogen (secondary N) is 1. The van der Waals surface area contributed by atoms with E-state index < -0.39 is 27.4 Å². The standard InChI is InChI=1S/C24H35N/c1-17-13-19(3)23(20(4)14-17)9-7-11-25-12-8-10-24-21(5)15-18(2)16-22(24)6/h13-16,25H,7-12H2,1-6H3/i3D3,4D3,5D3,6D3. The van der Waals surface area contributed by atoms with Crippen LogP contribution >= 0.6 is 0 Å². The van der Waals surface area contributed by atoms with Crippen LogP contribution in [-0.4, -0.2) is 13.1 Å². The molecule has 25 heavy (non-hydrogen) atoms. The summed E-state index contributed by atoms with van der Waals surface area (Å²) in [5.74, 6) is 0. The van der Waals surface area contributed by atoms with Crippen molar-refractivity contribution in [3.8, 4) is 0 Å². The van der Waals surface area contributed by atoms with E-state index in [1.165, 1.54) is 24.3 Å². The van der Waals surface area contributed by atoms with Gasteiger partial charge in [-0.2, -0.15) is 0 Å². The Hall–Kier alpha value is -1.60. The predicted octanol–water partition coefficient (Wildman–Crippen LogP) is 5.69. The van der Waals surface area contributed by atoms with Gasteiger partial charge in [0.05, 0.1) is 0 Å². The number of rotatable bonds is 8. The van der Waals surface area contributed by atoms with Crippen molar-refractivity contribution in [2.75, 3.05) is 13.1 Å². The van der Waals surface area contributed by atoms with E-state index in [1.54, 1.807) is 13.8 Å². The molecule has 0 saturated heterocycles. The second kappa shape index (κ2) is 9.20. The van der Waals surface area contributed by atoms with Crippen molar-refractivity contribution in [3.05, 3.63) is 68.8 Å². The lowest BCUT2D eigenvalue weighted by Crippen LogP contribution is -2.18. The lowest BCUT2D eigenvalue weighted by molar-refractivity contribution is 0.620. The molecule has 136 valence electrons. The molecule has 0 radical (unpaired) electrons. The maximum Gasteiger partial charge on any atom is 0.0280 e. The molecule has 0 amide bonds. The number of aryl methyl sites for hydroxylation is 6. The minimum atomic E-state index is -2.43. The molecule has 0 unspecified atom stereocenters. The maximum atomic E-state index is 7.85. The van der Waals surface area contributed by atoms with Crippen LogP contribution in [0.25, 0.3) is 0 Å². The zero-order valence-corrected chi connectivity index (χ0v) is 15.1. The molecular formula is C24H35N. The van der Waals surface area contributed by atoms with Crippen molar-refractivity contribution in [1.29, 1.82) is 0 Å². The van der Waals surface area contributed by atoms with Gasteiger partial charge in [0.15, 0.2) is 0 Å². The Balaban J connectivity index is 2.08. The van der Waals surface area contributed by atoms with Crippen molar-refractivity contribution >= 4 is 0 Å². The summed E-state index contributed by atoms with van der Waals surface area (Å²) >= 11 is 0. The van der Waals surface area contributed by atoms with Crippen LogP contribution in [0.4, 0.5) is 0 Å². The summed E-state index contributed by atoms with van der Waals surface area (Å²) in [6.45, 7) is -5.37. The van der Waals surface area contributed by atoms with Crippen LogP contribution in [0.5, 0.6) is 0 Å². The highest BCUT2D eigenvalue weighted by molar-refractivity contribution is 5.38. The van der Waals surface area contributed by atoms with Gasteiger partial charge in [0.25, 0.3) is 0 Å². The van der Waals surface area contributed by atoms with Crippen molar-refractivity contribution in [3.63, 3.8) is 0 Å². The molecule has 2 aromatic carbocycles. The summed E-state index contributed by atoms with van der Waals surface area (Å²) in [5, 5.41) is 3.22. The van der Waals surface area contributed by atoms with Crippen LogP contribution < -0.4 is 5.32 Å². The second-order valence-corrected chi connectivity index (χ2v) is 6.63. The zero-order valence-electron chi connectivity index (χ0n) is 27.1. The third-order valence-electron chi connectivity index (χ3n) is 4.35. The summed E-state index contributed by atoms with van der Waals surface area (Å²) in [5.41, 5.74) is 2.08. The SMILES string of the molecule is [2H]C([2H])([2H])c1cc(C)cc(C([2H])([2H])[2H])c1CCCNCCCc1c(C([2H])([2H])[2H])cc(C)cc1C([2H])([2H])[2H]. The minimum Gasteiger partial charge on any atom is -0.317 e. The molecule has 2 aromatic rings. The van der Waals surface area contributed by atoms with Crippen LogP contribution in [-0.2, 0) is 12.8 Å². The summed E-state index contributed by atoms with van der Waals surface area (Å²) in [6.07, 6.45) is 1.56. The molecule has 0 aliphatic heterocycles. The molecule has 0 atom stereocenters. The normalized spacial score (nSPS) is 20.2. The van der Waals surface area contributed by atoms with Crippen molar-refractivity contribution in [1.82, 2.24) is 5.32 Å². The monoisotopic (exact) mass is 349 g/mol. The molecule has 2 rings (SSSR count). The van der Waals surface area contributed by atoms with Crippen molar-refractivity contribution < 1.29 is 16.4 Å². The zero-order chi connectivity index (χ0) is 28.4. The number of hydrogen-bond donors (Lipinski definition) is 1. The van der Waals surface area contributed by atoms with E-state index in [-0.39, 0.29) is 35.1 Å². The third kappa shape index (κ3) is 5.71. The predicted molar refractivity (Wildman–Crippen MR) is 111 cm³/mol. The van der Waals surface area contributed by atoms with Gasteiger partial charge in [-0.1, -0.05) is 35.4 Å². The maximum absolute atomic E-state index is 7.85. The van der Waals surface area contributed by atoms with E-state index in [0.29, 0.717) is 48.2 Å².